The van der Waals surface area contributed by atoms with Crippen LogP contribution in [0.5, 0.6) is 0 Å². The van der Waals surface area contributed by atoms with E-state index in [0.717, 1.165) is 0 Å². The summed E-state index contributed by atoms with van der Waals surface area (Å²) in [6.07, 6.45) is 2.70. The molecule has 23 heavy (non-hydrogen) atoms. The Kier molecular flexibility index (Phi) is 4.90. The maximum Gasteiger partial charge on any atom is 0.250 e. The number of allylic oxidation sites excluding steroid dienone is 1. The van der Waals surface area contributed by atoms with Crippen molar-refractivity contribution in [3.05, 3.63) is 19.0 Å². The van der Waals surface area contributed by atoms with E-state index in [0.29, 0.717) is 13.1 Å². The molecule has 1 aliphatic heterocycles. The van der Waals surface area contributed by atoms with Gasteiger partial charge in [-0.15, -0.1) is 16.8 Å². The van der Waals surface area contributed by atoms with E-state index in [4.69, 9.17) is 4.74 Å². The fourth-order valence-electron chi connectivity index (χ4n) is 2.71. The van der Waals surface area contributed by atoms with Crippen LogP contribution in [0.25, 0.3) is 0 Å². The highest BCUT2D eigenvalue weighted by molar-refractivity contribution is 7.91. The van der Waals surface area contributed by atoms with Gasteiger partial charge in [0.05, 0.1) is 11.7 Å². The Morgan fingerprint density at radius 3 is 2.87 bits per heavy atom. The summed E-state index contributed by atoms with van der Waals surface area (Å²) < 4.78 is 32.0. The van der Waals surface area contributed by atoms with E-state index in [1.165, 1.54) is 21.9 Å². The second kappa shape index (κ2) is 6.40. The minimum Gasteiger partial charge on any atom is -0.369 e. The molecule has 0 saturated carbocycles. The van der Waals surface area contributed by atoms with Gasteiger partial charge >= 0.3 is 0 Å². The number of rotatable bonds is 5. The Hall–Kier alpha value is -1.74. The van der Waals surface area contributed by atoms with Crippen molar-refractivity contribution in [2.75, 3.05) is 18.8 Å². The van der Waals surface area contributed by atoms with E-state index in [2.05, 4.69) is 16.8 Å². The predicted molar refractivity (Wildman–Crippen MR) is 83.5 cm³/mol. The van der Waals surface area contributed by atoms with E-state index >= 15 is 0 Å². The summed E-state index contributed by atoms with van der Waals surface area (Å²) in [4.78, 5) is 14.0. The minimum absolute atomic E-state index is 0.144. The lowest BCUT2D eigenvalue weighted by molar-refractivity contribution is -0.155. The summed E-state index contributed by atoms with van der Waals surface area (Å²) in [7, 11) is -3.86. The zero-order valence-corrected chi connectivity index (χ0v) is 14.4. The van der Waals surface area contributed by atoms with Crippen LogP contribution < -0.4 is 0 Å². The van der Waals surface area contributed by atoms with Crippen molar-refractivity contribution in [2.45, 2.75) is 44.2 Å². The number of nitrogens with zero attached hydrogens (tertiary/aromatic N) is 4. The molecule has 0 spiro atoms. The van der Waals surface area contributed by atoms with E-state index < -0.39 is 27.1 Å². The maximum absolute atomic E-state index is 12.4. The number of ether oxygens (including phenoxy) is 1. The van der Waals surface area contributed by atoms with Crippen LogP contribution in [0, 0.1) is 0 Å². The van der Waals surface area contributed by atoms with Gasteiger partial charge in [0, 0.05) is 19.6 Å². The number of carbonyl (C=O) groups is 1. The quantitative estimate of drug-likeness (QED) is 0.713. The van der Waals surface area contributed by atoms with Crippen molar-refractivity contribution >= 4 is 15.7 Å². The summed E-state index contributed by atoms with van der Waals surface area (Å²) in [5, 5.41) is 7.02. The highest BCUT2D eigenvalue weighted by Crippen LogP contribution is 2.21. The molecule has 2 rings (SSSR count). The lowest BCUT2D eigenvalue weighted by Crippen LogP contribution is -2.54. The first-order valence-corrected chi connectivity index (χ1v) is 8.97. The topological polar surface area (TPSA) is 94.4 Å². The van der Waals surface area contributed by atoms with Gasteiger partial charge in [-0.05, 0) is 20.8 Å². The molecule has 1 aromatic heterocycles. The van der Waals surface area contributed by atoms with E-state index in [9.17, 15) is 13.2 Å². The fraction of sp³-hybridized carbons (Fsp3) is 0.643. The molecule has 0 radical (unpaired) electrons. The van der Waals surface area contributed by atoms with Crippen molar-refractivity contribution in [2.24, 2.45) is 0 Å². The zero-order valence-electron chi connectivity index (χ0n) is 13.6. The molecule has 1 fully saturated rings. The van der Waals surface area contributed by atoms with Gasteiger partial charge in [-0.3, -0.25) is 4.79 Å². The Bertz CT molecular complexity index is 695. The third-order valence-electron chi connectivity index (χ3n) is 3.42. The molecule has 0 aliphatic carbocycles. The van der Waals surface area contributed by atoms with Crippen LogP contribution >= 0.6 is 0 Å². The van der Waals surface area contributed by atoms with E-state index in [1.807, 2.05) is 20.8 Å². The van der Waals surface area contributed by atoms with Gasteiger partial charge in [0.25, 0.3) is 0 Å². The summed E-state index contributed by atoms with van der Waals surface area (Å²) >= 11 is 0. The first kappa shape index (κ1) is 17.6. The molecule has 0 aromatic carbocycles. The van der Waals surface area contributed by atoms with Gasteiger partial charge in [-0.2, -0.15) is 0 Å². The summed E-state index contributed by atoms with van der Waals surface area (Å²) in [6, 6.07) is 0. The van der Waals surface area contributed by atoms with E-state index in [1.54, 1.807) is 0 Å². The van der Waals surface area contributed by atoms with Crippen molar-refractivity contribution in [3.8, 4) is 0 Å². The van der Waals surface area contributed by atoms with Crippen molar-refractivity contribution < 1.29 is 17.9 Å². The van der Waals surface area contributed by atoms with Gasteiger partial charge < -0.3 is 14.2 Å². The standard InChI is InChI=1S/C14H22N4O4S/c1-5-6-17-10-15-16-13(17)23(20,21)8-12(19)18-7-11(2)22-14(3,4)9-18/h5,10-11H,1,6-9H2,2-4H3. The number of morpholine rings is 1. The van der Waals surface area contributed by atoms with Gasteiger partial charge in [-0.25, -0.2) is 8.42 Å². The molecular formula is C14H22N4O4S. The highest BCUT2D eigenvalue weighted by atomic mass is 32.2. The summed E-state index contributed by atoms with van der Waals surface area (Å²) in [5.41, 5.74) is -0.500. The van der Waals surface area contributed by atoms with Crippen LogP contribution in [-0.4, -0.2) is 64.5 Å². The van der Waals surface area contributed by atoms with Crippen LogP contribution in [0.15, 0.2) is 24.1 Å². The number of aromatic nitrogens is 3. The van der Waals surface area contributed by atoms with Gasteiger partial charge in [0.1, 0.15) is 12.1 Å². The van der Waals surface area contributed by atoms with Crippen LogP contribution in [-0.2, 0) is 25.9 Å². The minimum atomic E-state index is -3.86. The Morgan fingerprint density at radius 1 is 1.57 bits per heavy atom. The van der Waals surface area contributed by atoms with Crippen molar-refractivity contribution in [3.63, 3.8) is 0 Å². The number of hydrogen-bond acceptors (Lipinski definition) is 6. The number of sulfone groups is 1. The second-order valence-corrected chi connectivity index (χ2v) is 8.16. The molecule has 9 heteroatoms. The highest BCUT2D eigenvalue weighted by Gasteiger charge is 2.36. The van der Waals surface area contributed by atoms with Gasteiger partial charge in [0.2, 0.25) is 20.9 Å². The van der Waals surface area contributed by atoms with Crippen LogP contribution in [0.3, 0.4) is 0 Å². The van der Waals surface area contributed by atoms with Gasteiger partial charge in [0.15, 0.2) is 0 Å². The fourth-order valence-corrected chi connectivity index (χ4v) is 4.00. The lowest BCUT2D eigenvalue weighted by atomic mass is 10.1. The first-order chi connectivity index (χ1) is 10.6. The molecule has 1 atom stereocenters. The van der Waals surface area contributed by atoms with Gasteiger partial charge in [-0.1, -0.05) is 6.08 Å². The monoisotopic (exact) mass is 342 g/mol. The van der Waals surface area contributed by atoms with Crippen molar-refractivity contribution in [1.29, 1.82) is 0 Å². The Balaban J connectivity index is 2.15. The Labute approximate surface area is 136 Å². The maximum atomic E-state index is 12.4. The second-order valence-electron chi connectivity index (χ2n) is 6.28. The molecule has 128 valence electrons. The third kappa shape index (κ3) is 4.17. The third-order valence-corrected chi connectivity index (χ3v) is 4.92. The van der Waals surface area contributed by atoms with E-state index in [-0.39, 0.29) is 17.8 Å². The average Bonchev–Trinajstić information content (AvgIpc) is 2.85. The molecule has 8 nitrogen and oxygen atoms in total. The van der Waals surface area contributed by atoms with Crippen LogP contribution in [0.2, 0.25) is 0 Å². The first-order valence-electron chi connectivity index (χ1n) is 7.32. The molecule has 2 heterocycles. The van der Waals surface area contributed by atoms with Crippen LogP contribution in [0.1, 0.15) is 20.8 Å². The number of carbonyl (C=O) groups excluding carboxylic acids is 1. The molecule has 1 aliphatic rings. The largest absolute Gasteiger partial charge is 0.369 e. The average molecular weight is 342 g/mol. The molecule has 1 amide bonds. The summed E-state index contributed by atoms with van der Waals surface area (Å²) in [5.74, 6) is -1.09. The molecule has 0 N–H and O–H groups in total. The number of amides is 1. The summed E-state index contributed by atoms with van der Waals surface area (Å²) in [6.45, 7) is 10.1. The molecule has 1 unspecified atom stereocenters. The lowest BCUT2D eigenvalue weighted by Gasteiger charge is -2.41. The number of hydrogen-bond donors (Lipinski definition) is 0. The SMILES string of the molecule is C=CCn1cnnc1S(=O)(=O)CC(=O)N1CC(C)OC(C)(C)C1. The molecule has 1 saturated heterocycles. The molecule has 0 bridgehead atoms. The predicted octanol–water partition coefficient (Wildman–Crippen LogP) is 0.264. The zero-order chi connectivity index (χ0) is 17.3. The smallest absolute Gasteiger partial charge is 0.250 e. The normalized spacial score (nSPS) is 21.2. The Morgan fingerprint density at radius 2 is 2.26 bits per heavy atom. The molecule has 1 aromatic rings. The molecular weight excluding hydrogens is 320 g/mol. The van der Waals surface area contributed by atoms with Crippen LogP contribution in [0.4, 0.5) is 0 Å². The van der Waals surface area contributed by atoms with Crippen molar-refractivity contribution in [1.82, 2.24) is 19.7 Å².